The van der Waals surface area contributed by atoms with Crippen molar-refractivity contribution < 1.29 is 0 Å². The van der Waals surface area contributed by atoms with E-state index in [2.05, 4.69) is 143 Å². The van der Waals surface area contributed by atoms with Gasteiger partial charge in [0.2, 0.25) is 0 Å². The fourth-order valence-corrected chi connectivity index (χ4v) is 10.2. The molecule has 0 N–H and O–H groups in total. The van der Waals surface area contributed by atoms with Crippen LogP contribution >= 0.6 is 11.3 Å². The first kappa shape index (κ1) is 31.7. The Morgan fingerprint density at radius 1 is 0.474 bits per heavy atom. The predicted octanol–water partition coefficient (Wildman–Crippen LogP) is 13.4. The van der Waals surface area contributed by atoms with E-state index in [1.165, 1.54) is 31.1 Å². The van der Waals surface area contributed by atoms with Gasteiger partial charge in [0.25, 0.3) is 0 Å². The Hall–Kier alpha value is -7.59. The second-order valence-electron chi connectivity index (χ2n) is 14.4. The first-order chi connectivity index (χ1) is 28.3. The molecule has 12 rings (SSSR count). The molecule has 0 saturated carbocycles. The summed E-state index contributed by atoms with van der Waals surface area (Å²) in [5.74, 6) is 0. The van der Waals surface area contributed by atoms with Crippen molar-refractivity contribution in [3.8, 4) is 40.0 Å². The maximum atomic E-state index is 11.1. The molecule has 0 saturated heterocycles. The van der Waals surface area contributed by atoms with Crippen LogP contribution in [0.2, 0.25) is 0 Å². The lowest BCUT2D eigenvalue weighted by Gasteiger charge is -2.15. The van der Waals surface area contributed by atoms with Crippen LogP contribution in [0.3, 0.4) is 0 Å². The number of rotatable bonds is 4. The van der Waals surface area contributed by atoms with Gasteiger partial charge < -0.3 is 9.13 Å². The topological polar surface area (TPSA) is 59.4 Å². The van der Waals surface area contributed by atoms with Crippen molar-refractivity contribution in [1.29, 1.82) is 5.26 Å². The highest BCUT2D eigenvalue weighted by Gasteiger charge is 2.27. The zero-order chi connectivity index (χ0) is 37.6. The summed E-state index contributed by atoms with van der Waals surface area (Å²) in [6.07, 6.45) is 0. The van der Waals surface area contributed by atoms with Gasteiger partial charge in [-0.2, -0.15) is 5.26 Å². The highest BCUT2D eigenvalue weighted by atomic mass is 32.1. The van der Waals surface area contributed by atoms with E-state index < -0.39 is 0 Å². The first-order valence-corrected chi connectivity index (χ1v) is 19.8. The summed E-state index contributed by atoms with van der Waals surface area (Å²) in [6, 6.07) is 63.8. The molecule has 6 heteroatoms. The summed E-state index contributed by atoms with van der Waals surface area (Å²) in [6.45, 7) is 0. The average molecular weight is 744 g/mol. The van der Waals surface area contributed by atoms with Crippen LogP contribution in [0.15, 0.2) is 176 Å². The largest absolute Gasteiger partial charge is 0.308 e. The van der Waals surface area contributed by atoms with Crippen LogP contribution in [0.5, 0.6) is 0 Å². The molecule has 5 nitrogen and oxygen atoms in total. The average Bonchev–Trinajstić information content (AvgIpc) is 3.94. The van der Waals surface area contributed by atoms with Crippen LogP contribution in [0.25, 0.3) is 109 Å². The molecule has 0 aliphatic carbocycles. The number of aromatic nitrogens is 4. The van der Waals surface area contributed by atoms with E-state index in [1.54, 1.807) is 0 Å². The third-order valence-corrected chi connectivity index (χ3v) is 12.5. The lowest BCUT2D eigenvalue weighted by molar-refractivity contribution is 1.17. The lowest BCUT2D eigenvalue weighted by atomic mass is 10.0. The molecule has 0 radical (unpaired) electrons. The van der Waals surface area contributed by atoms with Gasteiger partial charge in [-0.3, -0.25) is 0 Å². The third-order valence-electron chi connectivity index (χ3n) is 11.3. The zero-order valence-corrected chi connectivity index (χ0v) is 31.2. The molecule has 0 fully saturated rings. The molecule has 264 valence electrons. The van der Waals surface area contributed by atoms with Crippen LogP contribution < -0.4 is 0 Å². The Morgan fingerprint density at radius 2 is 1.02 bits per heavy atom. The summed E-state index contributed by atoms with van der Waals surface area (Å²) in [5, 5.41) is 18.3. The molecule has 0 unspecified atom stereocenters. The van der Waals surface area contributed by atoms with Crippen LogP contribution in [0, 0.1) is 11.3 Å². The van der Waals surface area contributed by atoms with E-state index in [9.17, 15) is 5.26 Å². The number of thiophene rings is 1. The molecule has 4 aromatic heterocycles. The highest BCUT2D eigenvalue weighted by molar-refractivity contribution is 7.27. The Morgan fingerprint density at radius 3 is 1.74 bits per heavy atom. The SMILES string of the molecule is N#Cc1cc(-c2nc3ccccc3nc2-c2ccccc2)ccc1-n1c2ccccc2c2c3sc4ccccc4c3c3c(c4ccccc4n3-c3ccccc3)c21. The summed E-state index contributed by atoms with van der Waals surface area (Å²) in [7, 11) is 0. The summed E-state index contributed by atoms with van der Waals surface area (Å²) in [5.41, 5.74) is 11.9. The minimum Gasteiger partial charge on any atom is -0.308 e. The van der Waals surface area contributed by atoms with Crippen LogP contribution in [-0.4, -0.2) is 19.1 Å². The van der Waals surface area contributed by atoms with E-state index in [1.807, 2.05) is 59.9 Å². The number of nitriles is 1. The molecule has 12 aromatic rings. The van der Waals surface area contributed by atoms with Gasteiger partial charge in [-0.1, -0.05) is 121 Å². The summed E-state index contributed by atoms with van der Waals surface area (Å²) < 4.78 is 7.26. The normalized spacial score (nSPS) is 11.8. The van der Waals surface area contributed by atoms with E-state index in [0.29, 0.717) is 5.56 Å². The predicted molar refractivity (Wildman–Crippen MR) is 237 cm³/mol. The molecule has 0 aliphatic heterocycles. The lowest BCUT2D eigenvalue weighted by Crippen LogP contribution is -2.00. The maximum Gasteiger partial charge on any atom is 0.101 e. The Labute approximate surface area is 330 Å². The Bertz CT molecular complexity index is 3640. The fraction of sp³-hybridized carbons (Fsp3) is 0. The minimum atomic E-state index is 0.556. The van der Waals surface area contributed by atoms with Crippen LogP contribution in [0.1, 0.15) is 5.56 Å². The standard InChI is InChI=1S/C51H29N5S/c52-30-33-29-32(48-47(31-15-3-1-4-16-31)53-38-22-10-11-23-39(38)54-48)27-28-40(33)56-42-25-13-8-20-36(42)45-50(56)44-35-19-7-12-24-41(35)55(34-17-5-2-6-18-34)49(44)46-37-21-9-14-26-43(37)57-51(45)46/h1-29H. The quantitative estimate of drug-likeness (QED) is 0.180. The number of hydrogen-bond donors (Lipinski definition) is 0. The van der Waals surface area contributed by atoms with Gasteiger partial charge in [0, 0.05) is 58.5 Å². The number of para-hydroxylation sites is 5. The van der Waals surface area contributed by atoms with Crippen molar-refractivity contribution in [1.82, 2.24) is 19.1 Å². The van der Waals surface area contributed by atoms with Gasteiger partial charge in [-0.15, -0.1) is 11.3 Å². The number of fused-ring (bicyclic) bond motifs is 13. The summed E-state index contributed by atoms with van der Waals surface area (Å²) in [4.78, 5) is 10.3. The van der Waals surface area contributed by atoms with Gasteiger partial charge in [-0.05, 0) is 54.6 Å². The number of nitrogens with zero attached hydrogens (tertiary/aromatic N) is 5. The van der Waals surface area contributed by atoms with Gasteiger partial charge in [0.15, 0.2) is 0 Å². The number of hydrogen-bond acceptors (Lipinski definition) is 4. The molecule has 0 aliphatic rings. The van der Waals surface area contributed by atoms with Crippen molar-refractivity contribution >= 4 is 86.2 Å². The smallest absolute Gasteiger partial charge is 0.101 e. The Kier molecular flexibility index (Phi) is 6.80. The van der Waals surface area contributed by atoms with E-state index in [0.717, 1.165) is 77.6 Å². The van der Waals surface area contributed by atoms with Gasteiger partial charge in [-0.25, -0.2) is 9.97 Å². The van der Waals surface area contributed by atoms with Crippen LogP contribution in [0.4, 0.5) is 0 Å². The monoisotopic (exact) mass is 743 g/mol. The van der Waals surface area contributed by atoms with E-state index >= 15 is 0 Å². The minimum absolute atomic E-state index is 0.556. The molecule has 8 aromatic carbocycles. The maximum absolute atomic E-state index is 11.1. The molecular formula is C51H29N5S. The highest BCUT2D eigenvalue weighted by Crippen LogP contribution is 2.51. The third kappa shape index (κ3) is 4.55. The molecule has 4 heterocycles. The van der Waals surface area contributed by atoms with Gasteiger partial charge in [0.1, 0.15) is 6.07 Å². The van der Waals surface area contributed by atoms with Gasteiger partial charge >= 0.3 is 0 Å². The van der Waals surface area contributed by atoms with Crippen LogP contribution in [-0.2, 0) is 0 Å². The van der Waals surface area contributed by atoms with Crippen molar-refractivity contribution in [2.24, 2.45) is 0 Å². The fourth-order valence-electron chi connectivity index (χ4n) is 8.94. The zero-order valence-electron chi connectivity index (χ0n) is 30.4. The van der Waals surface area contributed by atoms with Crippen molar-refractivity contribution in [2.45, 2.75) is 0 Å². The molecule has 0 amide bonds. The number of benzene rings is 8. The van der Waals surface area contributed by atoms with Crippen molar-refractivity contribution in [3.63, 3.8) is 0 Å². The second kappa shape index (κ2) is 12.2. The molecular weight excluding hydrogens is 715 g/mol. The van der Waals surface area contributed by atoms with E-state index in [-0.39, 0.29) is 0 Å². The molecule has 0 bridgehead atoms. The molecule has 0 atom stereocenters. The first-order valence-electron chi connectivity index (χ1n) is 19.0. The molecule has 57 heavy (non-hydrogen) atoms. The summed E-state index contributed by atoms with van der Waals surface area (Å²) >= 11 is 1.85. The second-order valence-corrected chi connectivity index (χ2v) is 15.5. The Balaban J connectivity index is 1.24. The van der Waals surface area contributed by atoms with Gasteiger partial charge in [0.05, 0.1) is 55.7 Å². The van der Waals surface area contributed by atoms with Crippen molar-refractivity contribution in [2.75, 3.05) is 0 Å². The van der Waals surface area contributed by atoms with Crippen molar-refractivity contribution in [3.05, 3.63) is 181 Å². The molecule has 0 spiro atoms. The van der Waals surface area contributed by atoms with E-state index in [4.69, 9.17) is 9.97 Å².